The Labute approximate surface area is 452 Å². The van der Waals surface area contributed by atoms with Crippen LogP contribution in [0.4, 0.5) is 26.3 Å². The molecule has 0 atom stereocenters. The second-order valence-electron chi connectivity index (χ2n) is 19.1. The van der Waals surface area contributed by atoms with E-state index in [4.69, 9.17) is 0 Å². The summed E-state index contributed by atoms with van der Waals surface area (Å²) in [5.74, 6) is 0. The van der Waals surface area contributed by atoms with Crippen molar-refractivity contribution in [2.24, 2.45) is 0 Å². The number of rotatable bonds is 7. The average Bonchev–Trinajstić information content (AvgIpc) is 4.00. The van der Waals surface area contributed by atoms with Crippen LogP contribution in [0.1, 0.15) is 38.9 Å². The molecule has 2 aromatic heterocycles. The lowest BCUT2D eigenvalue weighted by Crippen LogP contribution is -2.12. The maximum absolute atomic E-state index is 15.5. The van der Waals surface area contributed by atoms with Gasteiger partial charge >= 0.3 is 12.4 Å². The fourth-order valence-electron chi connectivity index (χ4n) is 10.7. The number of fused-ring (bicyclic) bond motifs is 6. The van der Waals surface area contributed by atoms with E-state index in [0.717, 1.165) is 28.3 Å². The molecular formula is C67H33F6N7. The standard InChI is InChI=1S/C67H33F6N7/c68-66(69,70)52-21-26-53(59(33-52)67(71,72)73)51-31-64(79-60-27-47(43-9-1-39(34-74)2-10-43)17-22-54(60)55-23-18-48(28-61(55)79)44-11-3-40(35-75)4-12-44)58(38-78)65(32-51)80-62-29-49(45-13-5-41(36-76)6-14-45)19-24-56(62)57-25-20-50(30-63(57)80)46-15-7-42(37-77)8-16-46/h1-33H. The van der Waals surface area contributed by atoms with E-state index in [9.17, 15) is 39.5 Å². The first-order chi connectivity index (χ1) is 38.7. The molecule has 0 aliphatic heterocycles. The van der Waals surface area contributed by atoms with Crippen LogP contribution in [-0.2, 0) is 12.4 Å². The van der Waals surface area contributed by atoms with E-state index in [1.165, 1.54) is 12.1 Å². The van der Waals surface area contributed by atoms with E-state index in [0.29, 0.717) is 94.2 Å². The predicted molar refractivity (Wildman–Crippen MR) is 296 cm³/mol. The summed E-state index contributed by atoms with van der Waals surface area (Å²) in [6.07, 6.45) is -10.4. The van der Waals surface area contributed by atoms with Crippen LogP contribution in [0, 0.1) is 56.7 Å². The molecule has 0 bridgehead atoms. The van der Waals surface area contributed by atoms with Crippen LogP contribution in [0.5, 0.6) is 0 Å². The van der Waals surface area contributed by atoms with Gasteiger partial charge in [-0.2, -0.15) is 52.7 Å². The van der Waals surface area contributed by atoms with Gasteiger partial charge in [0.1, 0.15) is 11.6 Å². The van der Waals surface area contributed by atoms with Crippen LogP contribution in [0.2, 0.25) is 0 Å². The number of halogens is 6. The van der Waals surface area contributed by atoms with Crippen LogP contribution in [0.3, 0.4) is 0 Å². The molecule has 0 saturated heterocycles. The van der Waals surface area contributed by atoms with Gasteiger partial charge in [-0.25, -0.2) is 0 Å². The van der Waals surface area contributed by atoms with Crippen molar-refractivity contribution in [2.45, 2.75) is 12.4 Å². The van der Waals surface area contributed by atoms with E-state index in [-0.39, 0.29) is 28.6 Å². The highest BCUT2D eigenvalue weighted by molar-refractivity contribution is 6.13. The van der Waals surface area contributed by atoms with Gasteiger partial charge in [-0.3, -0.25) is 0 Å². The van der Waals surface area contributed by atoms with Gasteiger partial charge < -0.3 is 9.13 Å². The Bertz CT molecular complexity index is 4270. The number of hydrogen-bond donors (Lipinski definition) is 0. The predicted octanol–water partition coefficient (Wildman–Crippen LogP) is 17.6. The first-order valence-corrected chi connectivity index (χ1v) is 24.7. The Balaban J connectivity index is 1.25. The minimum Gasteiger partial charge on any atom is -0.308 e. The summed E-state index contributed by atoms with van der Waals surface area (Å²) in [5.41, 5.74) is 5.97. The number of alkyl halides is 6. The van der Waals surface area contributed by atoms with E-state index >= 15 is 13.2 Å². The maximum Gasteiger partial charge on any atom is 0.417 e. The van der Waals surface area contributed by atoms with Gasteiger partial charge in [0, 0.05) is 21.5 Å². The SMILES string of the molecule is N#Cc1ccc(-c2ccc3c4ccc(-c5ccc(C#N)cc5)cc4n(-c4cc(-c5ccc(C(F)(F)F)cc5C(F)(F)F)cc(-n5c6cc(-c7ccc(C#N)cc7)ccc6c6ccc(-c7ccc(C#N)cc7)cc65)c4C#N)c3c2)cc1. The monoisotopic (exact) mass is 1050 g/mol. The molecule has 0 fully saturated rings. The second kappa shape index (κ2) is 19.1. The number of nitrogens with zero attached hydrogens (tertiary/aromatic N) is 7. The first kappa shape index (κ1) is 49.7. The zero-order chi connectivity index (χ0) is 55.6. The highest BCUT2D eigenvalue weighted by Gasteiger charge is 2.39. The number of hydrogen-bond acceptors (Lipinski definition) is 5. The summed E-state index contributed by atoms with van der Waals surface area (Å²) in [6.45, 7) is 0. The summed E-state index contributed by atoms with van der Waals surface area (Å²) in [5, 5.41) is 53.2. The van der Waals surface area contributed by atoms with Gasteiger partial charge in [-0.1, -0.05) is 103 Å². The minimum absolute atomic E-state index is 0.00748. The molecule has 80 heavy (non-hydrogen) atoms. The van der Waals surface area contributed by atoms with Crippen LogP contribution in [0.25, 0.3) is 111 Å². The third kappa shape index (κ3) is 8.57. The van der Waals surface area contributed by atoms with Crippen molar-refractivity contribution in [1.82, 2.24) is 9.13 Å². The Morgan fingerprint density at radius 2 is 0.588 bits per heavy atom. The smallest absolute Gasteiger partial charge is 0.308 e. The van der Waals surface area contributed by atoms with Crippen LogP contribution >= 0.6 is 0 Å². The molecule has 0 radical (unpaired) electrons. The largest absolute Gasteiger partial charge is 0.417 e. The third-order valence-electron chi connectivity index (χ3n) is 14.6. The molecule has 2 heterocycles. The fraction of sp³-hybridized carbons (Fsp3) is 0.0299. The Kier molecular flexibility index (Phi) is 11.9. The zero-order valence-corrected chi connectivity index (χ0v) is 41.5. The summed E-state index contributed by atoms with van der Waals surface area (Å²) in [4.78, 5) is 0. The van der Waals surface area contributed by atoms with Crippen molar-refractivity contribution in [3.63, 3.8) is 0 Å². The van der Waals surface area contributed by atoms with E-state index < -0.39 is 29.0 Å². The molecule has 12 aromatic rings. The fourth-order valence-corrected chi connectivity index (χ4v) is 10.7. The maximum atomic E-state index is 15.5. The molecule has 0 aliphatic carbocycles. The van der Waals surface area contributed by atoms with Crippen molar-refractivity contribution >= 4 is 43.6 Å². The van der Waals surface area contributed by atoms with Gasteiger partial charge in [0.15, 0.2) is 0 Å². The highest BCUT2D eigenvalue weighted by Crippen LogP contribution is 2.46. The van der Waals surface area contributed by atoms with Crippen molar-refractivity contribution in [2.75, 3.05) is 0 Å². The number of nitriles is 5. The quantitative estimate of drug-likeness (QED) is 0.147. The van der Waals surface area contributed by atoms with E-state index in [1.807, 2.05) is 72.8 Å². The van der Waals surface area contributed by atoms with Crippen molar-refractivity contribution in [3.05, 3.63) is 239 Å². The van der Waals surface area contributed by atoms with Crippen LogP contribution < -0.4 is 0 Å². The Hall–Kier alpha value is -11.2. The summed E-state index contributed by atoms with van der Waals surface area (Å²) < 4.78 is 93.4. The normalized spacial score (nSPS) is 11.6. The lowest BCUT2D eigenvalue weighted by molar-refractivity contribution is -0.142. The molecular weight excluding hydrogens is 1020 g/mol. The highest BCUT2D eigenvalue weighted by atomic mass is 19.4. The van der Waals surface area contributed by atoms with Gasteiger partial charge in [0.25, 0.3) is 0 Å². The molecule has 0 N–H and O–H groups in total. The molecule has 0 spiro atoms. The molecule has 10 aromatic carbocycles. The summed E-state index contributed by atoms with van der Waals surface area (Å²) in [7, 11) is 0. The number of aromatic nitrogens is 2. The Morgan fingerprint density at radius 1 is 0.287 bits per heavy atom. The molecule has 7 nitrogen and oxygen atoms in total. The van der Waals surface area contributed by atoms with Gasteiger partial charge in [0.2, 0.25) is 0 Å². The van der Waals surface area contributed by atoms with Crippen LogP contribution in [0.15, 0.2) is 200 Å². The van der Waals surface area contributed by atoms with E-state index in [2.05, 4.69) is 30.3 Å². The van der Waals surface area contributed by atoms with Crippen LogP contribution in [-0.4, -0.2) is 9.13 Å². The summed E-state index contributed by atoms with van der Waals surface area (Å²) >= 11 is 0. The molecule has 13 heteroatoms. The average molecular weight is 1050 g/mol. The molecule has 0 aliphatic rings. The van der Waals surface area contributed by atoms with E-state index in [1.54, 1.807) is 106 Å². The topological polar surface area (TPSA) is 129 Å². The van der Waals surface area contributed by atoms with Gasteiger partial charge in [0.05, 0.1) is 91.1 Å². The molecule has 0 saturated carbocycles. The molecule has 0 unspecified atom stereocenters. The zero-order valence-electron chi connectivity index (χ0n) is 41.5. The molecule has 12 rings (SSSR count). The van der Waals surface area contributed by atoms with Crippen molar-refractivity contribution in [3.8, 4) is 97.4 Å². The Morgan fingerprint density at radius 3 is 0.850 bits per heavy atom. The minimum atomic E-state index is -5.29. The first-order valence-electron chi connectivity index (χ1n) is 24.7. The lowest BCUT2D eigenvalue weighted by atomic mass is 9.94. The number of benzene rings is 10. The second-order valence-corrected chi connectivity index (χ2v) is 19.1. The third-order valence-corrected chi connectivity index (χ3v) is 14.6. The van der Waals surface area contributed by atoms with Crippen molar-refractivity contribution in [1.29, 1.82) is 26.3 Å². The molecule has 378 valence electrons. The van der Waals surface area contributed by atoms with Gasteiger partial charge in [-0.05, 0) is 153 Å². The summed E-state index contributed by atoms with van der Waals surface area (Å²) in [6, 6.07) is 65.9. The lowest BCUT2D eigenvalue weighted by Gasteiger charge is -2.21. The molecule has 0 amide bonds. The van der Waals surface area contributed by atoms with Crippen molar-refractivity contribution < 1.29 is 26.3 Å². The van der Waals surface area contributed by atoms with Gasteiger partial charge in [-0.15, -0.1) is 0 Å².